The molecule has 0 aliphatic rings. The van der Waals surface area contributed by atoms with Crippen LogP contribution in [0.1, 0.15) is 27.1 Å². The number of nitrogens with one attached hydrogen (secondary N) is 2. The Kier molecular flexibility index (Phi) is 6.16. The van der Waals surface area contributed by atoms with Crippen molar-refractivity contribution in [2.75, 3.05) is 17.2 Å². The molecule has 0 radical (unpaired) electrons. The third-order valence-electron chi connectivity index (χ3n) is 5.07. The third-order valence-corrected chi connectivity index (χ3v) is 5.07. The molecule has 33 heavy (non-hydrogen) atoms. The Morgan fingerprint density at radius 3 is 2.55 bits per heavy atom. The van der Waals surface area contributed by atoms with E-state index in [1.807, 2.05) is 30.3 Å². The molecular formula is C23H23N7O3. The first-order valence-corrected chi connectivity index (χ1v) is 10.3. The number of Topliss-reactive ketones (excluding diaryl/α,β-unsaturated/α-hetero) is 1. The maximum absolute atomic E-state index is 12.6. The summed E-state index contributed by atoms with van der Waals surface area (Å²) in [6, 6.07) is 14.5. The van der Waals surface area contributed by atoms with Gasteiger partial charge in [0.1, 0.15) is 0 Å². The van der Waals surface area contributed by atoms with Gasteiger partial charge >= 0.3 is 0 Å². The lowest BCUT2D eigenvalue weighted by molar-refractivity contribution is -0.118. The number of carbonyl (C=O) groups excluding carboxylic acids is 3. The molecule has 2 amide bonds. The van der Waals surface area contributed by atoms with Crippen LogP contribution in [0.15, 0.2) is 60.9 Å². The van der Waals surface area contributed by atoms with E-state index in [1.165, 1.54) is 10.9 Å². The van der Waals surface area contributed by atoms with Crippen molar-refractivity contribution in [3.8, 4) is 0 Å². The van der Waals surface area contributed by atoms with E-state index >= 15 is 0 Å². The Hall–Kier alpha value is -4.47. The highest BCUT2D eigenvalue weighted by atomic mass is 16.2. The summed E-state index contributed by atoms with van der Waals surface area (Å²) in [7, 11) is 1.72. The topological polar surface area (TPSA) is 137 Å². The molecule has 4 rings (SSSR count). The van der Waals surface area contributed by atoms with Crippen molar-refractivity contribution in [1.29, 1.82) is 0 Å². The Morgan fingerprint density at radius 2 is 1.85 bits per heavy atom. The zero-order valence-corrected chi connectivity index (χ0v) is 18.0. The van der Waals surface area contributed by atoms with Crippen molar-refractivity contribution in [3.05, 3.63) is 72.1 Å². The Balaban J connectivity index is 1.57. The van der Waals surface area contributed by atoms with Crippen LogP contribution in [0.3, 0.4) is 0 Å². The molecule has 0 bridgehead atoms. The predicted octanol–water partition coefficient (Wildman–Crippen LogP) is 2.19. The number of aryl methyl sites for hydroxylation is 2. The lowest BCUT2D eigenvalue weighted by Crippen LogP contribution is -2.18. The van der Waals surface area contributed by atoms with E-state index in [1.54, 1.807) is 36.0 Å². The minimum absolute atomic E-state index is 0.0351. The van der Waals surface area contributed by atoms with Gasteiger partial charge in [0, 0.05) is 37.5 Å². The van der Waals surface area contributed by atoms with Crippen molar-refractivity contribution in [3.63, 3.8) is 0 Å². The van der Waals surface area contributed by atoms with Crippen LogP contribution in [-0.4, -0.2) is 43.5 Å². The quantitative estimate of drug-likeness (QED) is 0.338. The number of primary amides is 1. The second kappa shape index (κ2) is 9.35. The summed E-state index contributed by atoms with van der Waals surface area (Å²) in [6.07, 6.45) is 3.14. The molecule has 0 aliphatic carbocycles. The largest absolute Gasteiger partial charge is 0.378 e. The van der Waals surface area contributed by atoms with Gasteiger partial charge in [0.05, 0.1) is 29.3 Å². The van der Waals surface area contributed by atoms with Gasteiger partial charge < -0.3 is 15.6 Å². The van der Waals surface area contributed by atoms with Gasteiger partial charge in [-0.3, -0.25) is 24.4 Å². The number of fused-ring (bicyclic) bond motifs is 1. The molecule has 4 aromatic rings. The normalized spacial score (nSPS) is 10.8. The number of carbonyl (C=O) groups is 3. The van der Waals surface area contributed by atoms with Crippen molar-refractivity contribution in [2.45, 2.75) is 13.0 Å². The molecule has 10 nitrogen and oxygen atoms in total. The average Bonchev–Trinajstić information content (AvgIpc) is 3.39. The maximum atomic E-state index is 12.6. The molecule has 0 aliphatic heterocycles. The summed E-state index contributed by atoms with van der Waals surface area (Å²) in [5.74, 6) is -0.575. The number of anilines is 2. The highest BCUT2D eigenvalue weighted by molar-refractivity contribution is 6.04. The van der Waals surface area contributed by atoms with Crippen LogP contribution in [0.5, 0.6) is 0 Å². The SMILES string of the molecule is Cn1cc(C(=O)Nc2nc3cc(NCC(=O)c4ccccc4)ccc3n2CCC(N)=O)cn1. The van der Waals surface area contributed by atoms with Gasteiger partial charge in [0.15, 0.2) is 5.78 Å². The van der Waals surface area contributed by atoms with E-state index in [2.05, 4.69) is 20.7 Å². The Morgan fingerprint density at radius 1 is 1.06 bits per heavy atom. The number of nitrogens with zero attached hydrogens (tertiary/aromatic N) is 4. The third kappa shape index (κ3) is 5.06. The standard InChI is InChI=1S/C23H23N7O3/c1-29-14-16(12-26-29)22(33)28-23-27-18-11-17(7-8-19(18)30(23)10-9-21(24)32)25-13-20(31)15-5-3-2-4-6-15/h2-8,11-12,14,25H,9-10,13H2,1H3,(H2,24,32)(H,27,28,33). The molecule has 0 saturated heterocycles. The highest BCUT2D eigenvalue weighted by Gasteiger charge is 2.16. The first-order valence-electron chi connectivity index (χ1n) is 10.3. The molecule has 0 fully saturated rings. The average molecular weight is 445 g/mol. The molecule has 0 spiro atoms. The number of hydrogen-bond acceptors (Lipinski definition) is 6. The second-order valence-corrected chi connectivity index (χ2v) is 7.51. The molecule has 2 heterocycles. The molecule has 2 aromatic carbocycles. The summed E-state index contributed by atoms with van der Waals surface area (Å²) in [5.41, 5.74) is 8.36. The van der Waals surface area contributed by atoms with Gasteiger partial charge in [-0.1, -0.05) is 30.3 Å². The van der Waals surface area contributed by atoms with Crippen LogP contribution >= 0.6 is 0 Å². The number of aromatic nitrogens is 4. The van der Waals surface area contributed by atoms with Gasteiger partial charge in [-0.15, -0.1) is 0 Å². The number of nitrogens with two attached hydrogens (primary N) is 1. The van der Waals surface area contributed by atoms with E-state index in [9.17, 15) is 14.4 Å². The Bertz CT molecular complexity index is 1320. The predicted molar refractivity (Wildman–Crippen MR) is 124 cm³/mol. The number of amides is 2. The molecule has 2 aromatic heterocycles. The number of imidazole rings is 1. The van der Waals surface area contributed by atoms with E-state index in [-0.39, 0.29) is 37.1 Å². The van der Waals surface area contributed by atoms with Crippen molar-refractivity contribution < 1.29 is 14.4 Å². The first kappa shape index (κ1) is 21.8. The summed E-state index contributed by atoms with van der Waals surface area (Å²) in [6.45, 7) is 0.385. The van der Waals surface area contributed by atoms with E-state index < -0.39 is 5.91 Å². The van der Waals surface area contributed by atoms with Crippen LogP contribution < -0.4 is 16.4 Å². The molecule has 0 saturated carbocycles. The maximum Gasteiger partial charge on any atom is 0.261 e. The minimum atomic E-state index is -0.459. The highest BCUT2D eigenvalue weighted by Crippen LogP contribution is 2.24. The molecule has 0 atom stereocenters. The number of hydrogen-bond donors (Lipinski definition) is 3. The van der Waals surface area contributed by atoms with E-state index in [4.69, 9.17) is 5.73 Å². The molecular weight excluding hydrogens is 422 g/mol. The van der Waals surface area contributed by atoms with Crippen LogP contribution in [-0.2, 0) is 18.4 Å². The fourth-order valence-corrected chi connectivity index (χ4v) is 3.40. The van der Waals surface area contributed by atoms with Crippen LogP contribution in [0.25, 0.3) is 11.0 Å². The van der Waals surface area contributed by atoms with Crippen molar-refractivity contribution in [2.24, 2.45) is 12.8 Å². The van der Waals surface area contributed by atoms with Crippen LogP contribution in [0.2, 0.25) is 0 Å². The van der Waals surface area contributed by atoms with Gasteiger partial charge in [-0.2, -0.15) is 5.10 Å². The molecule has 10 heteroatoms. The zero-order valence-electron chi connectivity index (χ0n) is 18.0. The summed E-state index contributed by atoms with van der Waals surface area (Å²) in [4.78, 5) is 40.9. The number of ketones is 1. The van der Waals surface area contributed by atoms with Crippen LogP contribution in [0.4, 0.5) is 11.6 Å². The fraction of sp³-hybridized carbons (Fsp3) is 0.174. The molecule has 168 valence electrons. The minimum Gasteiger partial charge on any atom is -0.378 e. The first-order chi connectivity index (χ1) is 15.9. The van der Waals surface area contributed by atoms with E-state index in [0.29, 0.717) is 22.3 Å². The lowest BCUT2D eigenvalue weighted by Gasteiger charge is -2.09. The van der Waals surface area contributed by atoms with Gasteiger partial charge in [0.25, 0.3) is 5.91 Å². The Labute approximate surface area is 189 Å². The number of benzene rings is 2. The smallest absolute Gasteiger partial charge is 0.261 e. The van der Waals surface area contributed by atoms with Gasteiger partial charge in [-0.05, 0) is 18.2 Å². The van der Waals surface area contributed by atoms with E-state index in [0.717, 1.165) is 5.52 Å². The van der Waals surface area contributed by atoms with Gasteiger partial charge in [-0.25, -0.2) is 4.98 Å². The zero-order chi connectivity index (χ0) is 23.4. The second-order valence-electron chi connectivity index (χ2n) is 7.51. The summed E-state index contributed by atoms with van der Waals surface area (Å²) >= 11 is 0. The summed E-state index contributed by atoms with van der Waals surface area (Å²) in [5, 5.41) is 9.89. The fourth-order valence-electron chi connectivity index (χ4n) is 3.40. The number of rotatable bonds is 9. The summed E-state index contributed by atoms with van der Waals surface area (Å²) < 4.78 is 3.26. The van der Waals surface area contributed by atoms with Gasteiger partial charge in [0.2, 0.25) is 11.9 Å². The molecule has 0 unspecified atom stereocenters. The lowest BCUT2D eigenvalue weighted by atomic mass is 10.1. The monoisotopic (exact) mass is 445 g/mol. The van der Waals surface area contributed by atoms with Crippen molar-refractivity contribution in [1.82, 2.24) is 19.3 Å². The molecule has 4 N–H and O–H groups in total. The van der Waals surface area contributed by atoms with Crippen LogP contribution in [0, 0.1) is 0 Å². The van der Waals surface area contributed by atoms with Crippen molar-refractivity contribution >= 4 is 40.3 Å².